The molecule has 1 aliphatic heterocycles. The summed E-state index contributed by atoms with van der Waals surface area (Å²) >= 11 is 0. The third-order valence-corrected chi connectivity index (χ3v) is 3.49. The van der Waals surface area contributed by atoms with Crippen molar-refractivity contribution in [3.05, 3.63) is 0 Å². The topological polar surface area (TPSA) is 50.4 Å². The van der Waals surface area contributed by atoms with Crippen LogP contribution in [0.1, 0.15) is 32.1 Å². The summed E-state index contributed by atoms with van der Waals surface area (Å²) in [6, 6.07) is 0.530. The summed E-state index contributed by atoms with van der Waals surface area (Å²) < 4.78 is 5.27. The quantitative estimate of drug-likeness (QED) is 0.655. The van der Waals surface area contributed by atoms with Crippen LogP contribution in [0.5, 0.6) is 0 Å². The minimum atomic E-state index is 0.260. The van der Waals surface area contributed by atoms with Gasteiger partial charge in [0.1, 0.15) is 0 Å². The molecule has 2 aliphatic rings. The lowest BCUT2D eigenvalue weighted by atomic mass is 9.85. The number of nitrogens with one attached hydrogen (secondary N) is 2. The molecule has 2 fully saturated rings. The molecule has 0 aromatic heterocycles. The molecule has 2 N–H and O–H groups in total. The van der Waals surface area contributed by atoms with Gasteiger partial charge in [-0.25, -0.2) is 0 Å². The molecule has 1 saturated carbocycles. The SMILES string of the molecule is O=C(NCCCNC1CCOC1)C1CCC1. The highest BCUT2D eigenvalue weighted by molar-refractivity contribution is 5.79. The van der Waals surface area contributed by atoms with E-state index in [1.54, 1.807) is 0 Å². The van der Waals surface area contributed by atoms with E-state index < -0.39 is 0 Å². The van der Waals surface area contributed by atoms with Gasteiger partial charge in [0, 0.05) is 25.1 Å². The van der Waals surface area contributed by atoms with E-state index in [2.05, 4.69) is 10.6 Å². The Morgan fingerprint density at radius 3 is 2.75 bits per heavy atom. The first-order valence-corrected chi connectivity index (χ1v) is 6.45. The third-order valence-electron chi connectivity index (χ3n) is 3.49. The van der Waals surface area contributed by atoms with Crippen LogP contribution in [0.25, 0.3) is 0 Å². The lowest BCUT2D eigenvalue weighted by Crippen LogP contribution is -2.37. The van der Waals surface area contributed by atoms with E-state index in [0.29, 0.717) is 12.0 Å². The van der Waals surface area contributed by atoms with E-state index in [-0.39, 0.29) is 5.91 Å². The number of carbonyl (C=O) groups is 1. The van der Waals surface area contributed by atoms with Crippen molar-refractivity contribution < 1.29 is 9.53 Å². The fraction of sp³-hybridized carbons (Fsp3) is 0.917. The van der Waals surface area contributed by atoms with Crippen molar-refractivity contribution in [3.63, 3.8) is 0 Å². The normalized spacial score (nSPS) is 25.4. The predicted octanol–water partition coefficient (Wildman–Crippen LogP) is 0.671. The molecular formula is C12H22N2O2. The van der Waals surface area contributed by atoms with Gasteiger partial charge < -0.3 is 15.4 Å². The first-order valence-electron chi connectivity index (χ1n) is 6.45. The number of amides is 1. The Balaban J connectivity index is 1.43. The Kier molecular flexibility index (Phi) is 4.60. The highest BCUT2D eigenvalue weighted by Gasteiger charge is 2.24. The smallest absolute Gasteiger partial charge is 0.223 e. The van der Waals surface area contributed by atoms with Crippen molar-refractivity contribution in [2.75, 3.05) is 26.3 Å². The minimum Gasteiger partial charge on any atom is -0.380 e. The van der Waals surface area contributed by atoms with Crippen LogP contribution in [-0.2, 0) is 9.53 Å². The Bertz CT molecular complexity index is 223. The number of ether oxygens (including phenoxy) is 1. The number of hydrogen-bond donors (Lipinski definition) is 2. The zero-order valence-corrected chi connectivity index (χ0v) is 9.84. The number of hydrogen-bond acceptors (Lipinski definition) is 3. The molecule has 1 heterocycles. The molecule has 4 nitrogen and oxygen atoms in total. The van der Waals surface area contributed by atoms with Crippen molar-refractivity contribution >= 4 is 5.91 Å². The molecule has 0 aromatic rings. The Morgan fingerprint density at radius 1 is 1.25 bits per heavy atom. The highest BCUT2D eigenvalue weighted by atomic mass is 16.5. The van der Waals surface area contributed by atoms with Gasteiger partial charge in [-0.1, -0.05) is 6.42 Å². The zero-order valence-electron chi connectivity index (χ0n) is 9.84. The van der Waals surface area contributed by atoms with Crippen molar-refractivity contribution in [2.45, 2.75) is 38.1 Å². The molecule has 4 heteroatoms. The third kappa shape index (κ3) is 3.46. The average Bonchev–Trinajstić information content (AvgIpc) is 2.67. The maximum atomic E-state index is 11.5. The molecule has 0 bridgehead atoms. The van der Waals surface area contributed by atoms with Crippen LogP contribution >= 0.6 is 0 Å². The maximum Gasteiger partial charge on any atom is 0.223 e. The van der Waals surface area contributed by atoms with Crippen molar-refractivity contribution in [1.29, 1.82) is 0 Å². The molecule has 1 saturated heterocycles. The second-order valence-electron chi connectivity index (χ2n) is 4.79. The standard InChI is InChI=1S/C12H22N2O2/c15-12(10-3-1-4-10)14-7-2-6-13-11-5-8-16-9-11/h10-11,13H,1-9H2,(H,14,15). The monoisotopic (exact) mass is 226 g/mol. The van der Waals surface area contributed by atoms with E-state index in [4.69, 9.17) is 4.74 Å². The van der Waals surface area contributed by atoms with Crippen molar-refractivity contribution in [3.8, 4) is 0 Å². The van der Waals surface area contributed by atoms with Crippen LogP contribution in [0.3, 0.4) is 0 Å². The van der Waals surface area contributed by atoms with Gasteiger partial charge in [-0.2, -0.15) is 0 Å². The molecule has 92 valence electrons. The zero-order chi connectivity index (χ0) is 11.2. The molecule has 0 spiro atoms. The second kappa shape index (κ2) is 6.21. The summed E-state index contributed by atoms with van der Waals surface area (Å²) in [7, 11) is 0. The lowest BCUT2D eigenvalue weighted by Gasteiger charge is -2.24. The number of rotatable bonds is 6. The van der Waals surface area contributed by atoms with E-state index in [1.807, 2.05) is 0 Å². The van der Waals surface area contributed by atoms with Gasteiger partial charge in [-0.3, -0.25) is 4.79 Å². The van der Waals surface area contributed by atoms with Gasteiger partial charge in [0.25, 0.3) is 0 Å². The average molecular weight is 226 g/mol. The summed E-state index contributed by atoms with van der Waals surface area (Å²) in [6.07, 6.45) is 5.53. The van der Waals surface area contributed by atoms with Crippen LogP contribution in [0.15, 0.2) is 0 Å². The highest BCUT2D eigenvalue weighted by Crippen LogP contribution is 2.25. The van der Waals surface area contributed by atoms with Crippen LogP contribution in [-0.4, -0.2) is 38.3 Å². The van der Waals surface area contributed by atoms with E-state index in [0.717, 1.165) is 52.0 Å². The summed E-state index contributed by atoms with van der Waals surface area (Å²) in [4.78, 5) is 11.5. The summed E-state index contributed by atoms with van der Waals surface area (Å²) in [5.74, 6) is 0.576. The summed E-state index contributed by atoms with van der Waals surface area (Å²) in [5, 5.41) is 6.44. The summed E-state index contributed by atoms with van der Waals surface area (Å²) in [6.45, 7) is 3.50. The van der Waals surface area contributed by atoms with E-state index >= 15 is 0 Å². The van der Waals surface area contributed by atoms with Gasteiger partial charge in [0.05, 0.1) is 6.61 Å². The molecule has 0 radical (unpaired) electrons. The van der Waals surface area contributed by atoms with Crippen LogP contribution in [0.4, 0.5) is 0 Å². The van der Waals surface area contributed by atoms with E-state index in [9.17, 15) is 4.79 Å². The molecule has 1 unspecified atom stereocenters. The fourth-order valence-electron chi connectivity index (χ4n) is 2.12. The van der Waals surface area contributed by atoms with Crippen molar-refractivity contribution in [2.24, 2.45) is 5.92 Å². The largest absolute Gasteiger partial charge is 0.380 e. The van der Waals surface area contributed by atoms with E-state index in [1.165, 1.54) is 6.42 Å². The summed E-state index contributed by atoms with van der Waals surface area (Å²) in [5.41, 5.74) is 0. The van der Waals surface area contributed by atoms with Gasteiger partial charge in [0.15, 0.2) is 0 Å². The Labute approximate surface area is 97.1 Å². The Morgan fingerprint density at radius 2 is 2.12 bits per heavy atom. The van der Waals surface area contributed by atoms with Crippen LogP contribution in [0.2, 0.25) is 0 Å². The van der Waals surface area contributed by atoms with Gasteiger partial charge in [0.2, 0.25) is 5.91 Å². The molecule has 1 amide bonds. The molecule has 1 aliphatic carbocycles. The second-order valence-corrected chi connectivity index (χ2v) is 4.79. The number of carbonyl (C=O) groups excluding carboxylic acids is 1. The fourth-order valence-corrected chi connectivity index (χ4v) is 2.12. The molecular weight excluding hydrogens is 204 g/mol. The molecule has 16 heavy (non-hydrogen) atoms. The molecule has 2 rings (SSSR count). The van der Waals surface area contributed by atoms with Gasteiger partial charge in [-0.15, -0.1) is 0 Å². The molecule has 0 aromatic carbocycles. The Hall–Kier alpha value is -0.610. The first-order chi connectivity index (χ1) is 7.86. The van der Waals surface area contributed by atoms with Gasteiger partial charge in [-0.05, 0) is 32.2 Å². The first kappa shape index (κ1) is 11.9. The predicted molar refractivity (Wildman–Crippen MR) is 62.2 cm³/mol. The lowest BCUT2D eigenvalue weighted by molar-refractivity contribution is -0.127. The van der Waals surface area contributed by atoms with Crippen LogP contribution < -0.4 is 10.6 Å². The van der Waals surface area contributed by atoms with Crippen molar-refractivity contribution in [1.82, 2.24) is 10.6 Å². The van der Waals surface area contributed by atoms with Gasteiger partial charge >= 0.3 is 0 Å². The van der Waals surface area contributed by atoms with Crippen LogP contribution in [0, 0.1) is 5.92 Å². The molecule has 1 atom stereocenters. The maximum absolute atomic E-state index is 11.5. The minimum absolute atomic E-state index is 0.260.